The standard InChI is InChI=1S/C22H21ClN2O2S/c23-17-7-5-15(6-8-17)19(26)9-10-21(27)25-13-11-16(12-14-25)22-24-18-3-1-2-4-20(18)28-22/h1-8,16H,9-14H2. The molecule has 144 valence electrons. The summed E-state index contributed by atoms with van der Waals surface area (Å²) in [5.41, 5.74) is 1.66. The third-order valence-electron chi connectivity index (χ3n) is 5.24. The van der Waals surface area contributed by atoms with E-state index in [-0.39, 0.29) is 24.5 Å². The van der Waals surface area contributed by atoms with Crippen LogP contribution < -0.4 is 0 Å². The van der Waals surface area contributed by atoms with Crippen LogP contribution in [0.4, 0.5) is 0 Å². The van der Waals surface area contributed by atoms with Gasteiger partial charge in [0.2, 0.25) is 5.91 Å². The smallest absolute Gasteiger partial charge is 0.223 e. The Bertz CT molecular complexity index is 958. The maximum atomic E-state index is 12.5. The van der Waals surface area contributed by atoms with E-state index in [1.807, 2.05) is 23.1 Å². The topological polar surface area (TPSA) is 50.3 Å². The van der Waals surface area contributed by atoms with Crippen molar-refractivity contribution in [3.8, 4) is 0 Å². The maximum absolute atomic E-state index is 12.5. The minimum absolute atomic E-state index is 0.0191. The fourth-order valence-corrected chi connectivity index (χ4v) is 4.86. The molecule has 1 aromatic heterocycles. The molecule has 1 aliphatic rings. The highest BCUT2D eigenvalue weighted by molar-refractivity contribution is 7.18. The third-order valence-corrected chi connectivity index (χ3v) is 6.69. The molecular weight excluding hydrogens is 392 g/mol. The Morgan fingerprint density at radius 1 is 1.04 bits per heavy atom. The Morgan fingerprint density at radius 2 is 1.75 bits per heavy atom. The third kappa shape index (κ3) is 4.26. The highest BCUT2D eigenvalue weighted by Crippen LogP contribution is 2.33. The fourth-order valence-electron chi connectivity index (χ4n) is 3.60. The molecule has 0 bridgehead atoms. The highest BCUT2D eigenvalue weighted by Gasteiger charge is 2.26. The van der Waals surface area contributed by atoms with Crippen LogP contribution in [0.5, 0.6) is 0 Å². The van der Waals surface area contributed by atoms with Crippen LogP contribution in [0.25, 0.3) is 10.2 Å². The number of aromatic nitrogens is 1. The molecule has 1 amide bonds. The minimum Gasteiger partial charge on any atom is -0.343 e. The van der Waals surface area contributed by atoms with Gasteiger partial charge in [-0.25, -0.2) is 4.98 Å². The Labute approximate surface area is 173 Å². The number of benzene rings is 2. The lowest BCUT2D eigenvalue weighted by molar-refractivity contribution is -0.132. The number of hydrogen-bond acceptors (Lipinski definition) is 4. The number of Topliss-reactive ketones (excluding diaryl/α,β-unsaturated/α-hetero) is 1. The van der Waals surface area contributed by atoms with Crippen LogP contribution in [0.1, 0.15) is 47.0 Å². The minimum atomic E-state index is -0.0191. The van der Waals surface area contributed by atoms with Gasteiger partial charge in [-0.05, 0) is 49.2 Å². The molecule has 0 unspecified atom stereocenters. The van der Waals surface area contributed by atoms with E-state index in [0.29, 0.717) is 16.5 Å². The lowest BCUT2D eigenvalue weighted by atomic mass is 9.97. The SMILES string of the molecule is O=C(CCC(=O)N1CCC(c2nc3ccccc3s2)CC1)c1ccc(Cl)cc1. The molecule has 1 fully saturated rings. The van der Waals surface area contributed by atoms with E-state index in [1.54, 1.807) is 35.6 Å². The lowest BCUT2D eigenvalue weighted by Crippen LogP contribution is -2.38. The van der Waals surface area contributed by atoms with Crippen LogP contribution in [0.2, 0.25) is 5.02 Å². The van der Waals surface area contributed by atoms with Gasteiger partial charge in [0.25, 0.3) is 0 Å². The van der Waals surface area contributed by atoms with Crippen LogP contribution in [0.3, 0.4) is 0 Å². The summed E-state index contributed by atoms with van der Waals surface area (Å²) in [5, 5.41) is 1.77. The second-order valence-corrected chi connectivity index (χ2v) is 8.60. The first-order valence-electron chi connectivity index (χ1n) is 9.52. The molecule has 0 aliphatic carbocycles. The molecule has 1 saturated heterocycles. The number of thiazole rings is 1. The molecule has 0 saturated carbocycles. The van der Waals surface area contributed by atoms with E-state index in [1.165, 1.54) is 9.71 Å². The number of ketones is 1. The van der Waals surface area contributed by atoms with Crippen molar-refractivity contribution < 1.29 is 9.59 Å². The predicted octanol–water partition coefficient (Wildman–Crippen LogP) is 5.32. The van der Waals surface area contributed by atoms with Gasteiger partial charge in [-0.3, -0.25) is 9.59 Å². The van der Waals surface area contributed by atoms with Crippen molar-refractivity contribution >= 4 is 44.8 Å². The van der Waals surface area contributed by atoms with Crippen molar-refractivity contribution in [2.24, 2.45) is 0 Å². The Hall–Kier alpha value is -2.24. The van der Waals surface area contributed by atoms with Gasteiger partial charge in [-0.15, -0.1) is 11.3 Å². The van der Waals surface area contributed by atoms with Gasteiger partial charge in [-0.1, -0.05) is 23.7 Å². The van der Waals surface area contributed by atoms with Crippen molar-refractivity contribution in [2.45, 2.75) is 31.6 Å². The number of carbonyl (C=O) groups excluding carboxylic acids is 2. The first kappa shape index (κ1) is 19.1. The van der Waals surface area contributed by atoms with E-state index in [4.69, 9.17) is 16.6 Å². The predicted molar refractivity (Wildman–Crippen MR) is 113 cm³/mol. The zero-order valence-corrected chi connectivity index (χ0v) is 17.0. The fraction of sp³-hybridized carbons (Fsp3) is 0.318. The van der Waals surface area contributed by atoms with Crippen molar-refractivity contribution in [3.63, 3.8) is 0 Å². The molecule has 4 nitrogen and oxygen atoms in total. The number of halogens is 1. The van der Waals surface area contributed by atoms with Crippen LogP contribution >= 0.6 is 22.9 Å². The first-order chi connectivity index (χ1) is 13.6. The number of para-hydroxylation sites is 1. The molecule has 3 aromatic rings. The molecule has 0 N–H and O–H groups in total. The summed E-state index contributed by atoms with van der Waals surface area (Å²) in [7, 11) is 0. The lowest BCUT2D eigenvalue weighted by Gasteiger charge is -2.31. The molecule has 1 aliphatic heterocycles. The summed E-state index contributed by atoms with van der Waals surface area (Å²) in [4.78, 5) is 31.4. The van der Waals surface area contributed by atoms with Gasteiger partial charge in [0, 0.05) is 42.4 Å². The van der Waals surface area contributed by atoms with E-state index < -0.39 is 0 Å². The monoisotopic (exact) mass is 412 g/mol. The van der Waals surface area contributed by atoms with Crippen LogP contribution in [0.15, 0.2) is 48.5 Å². The summed E-state index contributed by atoms with van der Waals surface area (Å²) in [6.45, 7) is 1.46. The Morgan fingerprint density at radius 3 is 2.46 bits per heavy atom. The molecule has 0 spiro atoms. The van der Waals surface area contributed by atoms with Crippen molar-refractivity contribution in [3.05, 3.63) is 64.1 Å². The maximum Gasteiger partial charge on any atom is 0.223 e. The number of amides is 1. The number of rotatable bonds is 5. The highest BCUT2D eigenvalue weighted by atomic mass is 35.5. The van der Waals surface area contributed by atoms with Crippen LogP contribution in [-0.2, 0) is 4.79 Å². The number of fused-ring (bicyclic) bond motifs is 1. The van der Waals surface area contributed by atoms with Crippen molar-refractivity contribution in [1.29, 1.82) is 0 Å². The zero-order valence-electron chi connectivity index (χ0n) is 15.4. The number of hydrogen-bond donors (Lipinski definition) is 0. The van der Waals surface area contributed by atoms with Crippen LogP contribution in [-0.4, -0.2) is 34.7 Å². The Balaban J connectivity index is 1.29. The average Bonchev–Trinajstić information content (AvgIpc) is 3.16. The van der Waals surface area contributed by atoms with Gasteiger partial charge >= 0.3 is 0 Å². The molecule has 0 atom stereocenters. The molecule has 6 heteroatoms. The van der Waals surface area contributed by atoms with Gasteiger partial charge in [0.15, 0.2) is 5.78 Å². The summed E-state index contributed by atoms with van der Waals surface area (Å²) < 4.78 is 1.22. The molecular formula is C22H21ClN2O2S. The first-order valence-corrected chi connectivity index (χ1v) is 10.7. The van der Waals surface area contributed by atoms with Gasteiger partial charge in [0.05, 0.1) is 15.2 Å². The van der Waals surface area contributed by atoms with Crippen molar-refractivity contribution in [1.82, 2.24) is 9.88 Å². The van der Waals surface area contributed by atoms with E-state index in [2.05, 4.69) is 6.07 Å². The van der Waals surface area contributed by atoms with Gasteiger partial charge in [-0.2, -0.15) is 0 Å². The zero-order chi connectivity index (χ0) is 19.5. The number of likely N-dealkylation sites (tertiary alicyclic amines) is 1. The summed E-state index contributed by atoms with van der Waals surface area (Å²) in [6, 6.07) is 15.0. The van der Waals surface area contributed by atoms with Gasteiger partial charge < -0.3 is 4.90 Å². The number of carbonyl (C=O) groups is 2. The van der Waals surface area contributed by atoms with Crippen molar-refractivity contribution in [2.75, 3.05) is 13.1 Å². The van der Waals surface area contributed by atoms with E-state index >= 15 is 0 Å². The van der Waals surface area contributed by atoms with Crippen LogP contribution in [0, 0.1) is 0 Å². The molecule has 0 radical (unpaired) electrons. The Kier molecular flexibility index (Phi) is 5.74. The average molecular weight is 413 g/mol. The quantitative estimate of drug-likeness (QED) is 0.533. The molecule has 28 heavy (non-hydrogen) atoms. The second kappa shape index (κ2) is 8.41. The number of nitrogens with zero attached hydrogens (tertiary/aromatic N) is 2. The van der Waals surface area contributed by atoms with Gasteiger partial charge in [0.1, 0.15) is 0 Å². The largest absolute Gasteiger partial charge is 0.343 e. The summed E-state index contributed by atoms with van der Waals surface area (Å²) >= 11 is 7.61. The van der Waals surface area contributed by atoms with E-state index in [9.17, 15) is 9.59 Å². The molecule has 4 rings (SSSR count). The summed E-state index contributed by atoms with van der Waals surface area (Å²) in [6.07, 6.45) is 2.35. The molecule has 2 heterocycles. The van der Waals surface area contributed by atoms with E-state index in [0.717, 1.165) is 31.4 Å². The molecule has 2 aromatic carbocycles. The number of piperidine rings is 1. The normalized spacial score (nSPS) is 15.1. The summed E-state index contributed by atoms with van der Waals surface area (Å²) in [5.74, 6) is 0.455. The second-order valence-electron chi connectivity index (χ2n) is 7.10.